The maximum atomic E-state index is 12.6. The van der Waals surface area contributed by atoms with Crippen molar-refractivity contribution in [2.45, 2.75) is 65.0 Å². The molecule has 0 aromatic heterocycles. The van der Waals surface area contributed by atoms with Crippen molar-refractivity contribution in [3.8, 4) is 0 Å². The van der Waals surface area contributed by atoms with Crippen LogP contribution in [0, 0.1) is 11.8 Å². The van der Waals surface area contributed by atoms with Crippen molar-refractivity contribution in [2.24, 2.45) is 11.8 Å². The smallest absolute Gasteiger partial charge is 0.322 e. The Morgan fingerprint density at radius 3 is 2.52 bits per heavy atom. The van der Waals surface area contributed by atoms with Gasteiger partial charge in [0.2, 0.25) is 5.91 Å². The van der Waals surface area contributed by atoms with Crippen molar-refractivity contribution in [2.75, 3.05) is 6.54 Å². The summed E-state index contributed by atoms with van der Waals surface area (Å²) >= 11 is 0. The summed E-state index contributed by atoms with van der Waals surface area (Å²) in [7, 11) is 0. The number of rotatable bonds is 10. The first-order chi connectivity index (χ1) is 12.7. The molecule has 1 heterocycles. The van der Waals surface area contributed by atoms with Gasteiger partial charge in [0.15, 0.2) is 0 Å². The van der Waals surface area contributed by atoms with Gasteiger partial charge in [-0.3, -0.25) is 24.2 Å². The lowest BCUT2D eigenvalue weighted by atomic mass is 9.89. The molecule has 1 unspecified atom stereocenters. The molecule has 1 aliphatic heterocycles. The fourth-order valence-electron chi connectivity index (χ4n) is 3.09. The Kier molecular flexibility index (Phi) is 9.14. The molecular weight excluding hydrogens is 350 g/mol. The topological polar surface area (TPSA) is 116 Å². The van der Waals surface area contributed by atoms with Gasteiger partial charge in [0, 0.05) is 25.3 Å². The van der Waals surface area contributed by atoms with Crippen LogP contribution in [0.2, 0.25) is 0 Å². The van der Waals surface area contributed by atoms with Crippen LogP contribution in [0.4, 0.5) is 0 Å². The number of hydrogen-bond acceptors (Lipinski definition) is 5. The number of amides is 2. The minimum absolute atomic E-state index is 0.0216. The van der Waals surface area contributed by atoms with Crippen molar-refractivity contribution in [1.82, 2.24) is 15.8 Å². The number of nitrogens with zero attached hydrogens (tertiary/aromatic N) is 1. The Morgan fingerprint density at radius 2 is 1.96 bits per heavy atom. The largest absolute Gasteiger partial charge is 0.480 e. The number of carboxylic acid groups (broad SMARTS) is 1. The fraction of sp³-hybridized carbons (Fsp3) is 0.684. The van der Waals surface area contributed by atoms with E-state index in [0.717, 1.165) is 0 Å². The van der Waals surface area contributed by atoms with E-state index in [4.69, 9.17) is 5.11 Å². The molecule has 0 spiro atoms. The monoisotopic (exact) mass is 381 g/mol. The average molecular weight is 381 g/mol. The molecule has 1 saturated heterocycles. The highest BCUT2D eigenvalue weighted by Crippen LogP contribution is 2.19. The molecular formula is C19H31N3O5. The highest BCUT2D eigenvalue weighted by Gasteiger charge is 2.32. The third-order valence-electron chi connectivity index (χ3n) is 4.73. The highest BCUT2D eigenvalue weighted by molar-refractivity contribution is 5.89. The predicted octanol–water partition coefficient (Wildman–Crippen LogP) is 1.27. The molecule has 152 valence electrons. The fourth-order valence-corrected chi connectivity index (χ4v) is 3.09. The molecule has 1 fully saturated rings. The standard InChI is InChI=1S/C19H31N3O5/c1-5-7-14(23)9-10-15(12(2)3)17(24)20-13(4)18(25)22-11-6-8-16(21-22)19(26)27/h5,12-13,15-16,21H,1,6-11H2,2-4H3,(H,20,24)(H,26,27)/t13-,15-,16?/m0/s1. The van der Waals surface area contributed by atoms with Crippen molar-refractivity contribution >= 4 is 23.6 Å². The van der Waals surface area contributed by atoms with Crippen molar-refractivity contribution in [1.29, 1.82) is 0 Å². The van der Waals surface area contributed by atoms with Crippen LogP contribution in [0.1, 0.15) is 52.9 Å². The van der Waals surface area contributed by atoms with Gasteiger partial charge in [0.05, 0.1) is 0 Å². The van der Waals surface area contributed by atoms with Crippen LogP contribution in [0.25, 0.3) is 0 Å². The van der Waals surface area contributed by atoms with E-state index in [1.54, 1.807) is 13.0 Å². The van der Waals surface area contributed by atoms with Gasteiger partial charge in [-0.15, -0.1) is 6.58 Å². The molecule has 3 atom stereocenters. The van der Waals surface area contributed by atoms with Gasteiger partial charge in [0.1, 0.15) is 17.9 Å². The minimum Gasteiger partial charge on any atom is -0.480 e. The first kappa shape index (κ1) is 22.8. The third-order valence-corrected chi connectivity index (χ3v) is 4.73. The van der Waals surface area contributed by atoms with Crippen LogP contribution in [-0.2, 0) is 19.2 Å². The predicted molar refractivity (Wildman–Crippen MR) is 100 cm³/mol. The van der Waals surface area contributed by atoms with Crippen molar-refractivity contribution in [3.05, 3.63) is 12.7 Å². The van der Waals surface area contributed by atoms with Crippen molar-refractivity contribution in [3.63, 3.8) is 0 Å². The second-order valence-corrected chi connectivity index (χ2v) is 7.30. The number of allylic oxidation sites excluding steroid dienone is 1. The summed E-state index contributed by atoms with van der Waals surface area (Å²) in [6, 6.07) is -1.59. The number of aliphatic carboxylic acids is 1. The zero-order valence-corrected chi connectivity index (χ0v) is 16.4. The normalized spacial score (nSPS) is 19.3. The molecule has 2 amide bonds. The summed E-state index contributed by atoms with van der Waals surface area (Å²) in [5.41, 5.74) is 2.69. The Bertz CT molecular complexity index is 576. The average Bonchev–Trinajstić information content (AvgIpc) is 2.61. The summed E-state index contributed by atoms with van der Waals surface area (Å²) in [5.74, 6) is -1.98. The van der Waals surface area contributed by atoms with E-state index < -0.39 is 18.1 Å². The van der Waals surface area contributed by atoms with Crippen molar-refractivity contribution < 1.29 is 24.3 Å². The lowest BCUT2D eigenvalue weighted by molar-refractivity contribution is -0.148. The van der Waals surface area contributed by atoms with E-state index in [2.05, 4.69) is 17.3 Å². The lowest BCUT2D eigenvalue weighted by Gasteiger charge is -2.34. The molecule has 0 saturated carbocycles. The molecule has 8 heteroatoms. The van der Waals surface area contributed by atoms with E-state index in [-0.39, 0.29) is 35.9 Å². The second-order valence-electron chi connectivity index (χ2n) is 7.30. The highest BCUT2D eigenvalue weighted by atomic mass is 16.4. The van der Waals surface area contributed by atoms with Gasteiger partial charge < -0.3 is 10.4 Å². The molecule has 27 heavy (non-hydrogen) atoms. The number of Topliss-reactive ketones (excluding diaryl/α,β-unsaturated/α-hetero) is 1. The van der Waals surface area contributed by atoms with Gasteiger partial charge in [0.25, 0.3) is 5.91 Å². The van der Waals surface area contributed by atoms with Gasteiger partial charge in [-0.05, 0) is 32.1 Å². The summed E-state index contributed by atoms with van der Waals surface area (Å²) in [6.45, 7) is 9.31. The van der Waals surface area contributed by atoms with E-state index >= 15 is 0 Å². The molecule has 0 radical (unpaired) electrons. The zero-order valence-electron chi connectivity index (χ0n) is 16.4. The van der Waals surface area contributed by atoms with Gasteiger partial charge in [-0.1, -0.05) is 19.9 Å². The molecule has 8 nitrogen and oxygen atoms in total. The van der Waals surface area contributed by atoms with Gasteiger partial charge >= 0.3 is 5.97 Å². The molecule has 3 N–H and O–H groups in total. The van der Waals surface area contributed by atoms with Crippen LogP contribution in [0.3, 0.4) is 0 Å². The van der Waals surface area contributed by atoms with Crippen LogP contribution in [0.15, 0.2) is 12.7 Å². The van der Waals surface area contributed by atoms with Crippen LogP contribution < -0.4 is 10.7 Å². The number of hydrogen-bond donors (Lipinski definition) is 3. The SMILES string of the molecule is C=CCC(=O)CC[C@H](C(=O)N[C@@H](C)C(=O)N1CCCC(C(=O)O)N1)C(C)C. The molecule has 1 aliphatic rings. The summed E-state index contributed by atoms with van der Waals surface area (Å²) in [5, 5.41) is 13.1. The summed E-state index contributed by atoms with van der Waals surface area (Å²) in [6.07, 6.45) is 3.57. The first-order valence-electron chi connectivity index (χ1n) is 9.40. The molecule has 1 rings (SSSR count). The second kappa shape index (κ2) is 10.8. The molecule has 0 aromatic carbocycles. The lowest BCUT2D eigenvalue weighted by Crippen LogP contribution is -2.59. The maximum Gasteiger partial charge on any atom is 0.322 e. The first-order valence-corrected chi connectivity index (χ1v) is 9.40. The molecule has 0 bridgehead atoms. The number of hydrazine groups is 1. The Hall–Kier alpha value is -2.22. The summed E-state index contributed by atoms with van der Waals surface area (Å²) in [4.78, 5) is 47.9. The number of carboxylic acids is 1. The van der Waals surface area contributed by atoms with Crippen LogP contribution in [-0.4, -0.2) is 52.3 Å². The van der Waals surface area contributed by atoms with Gasteiger partial charge in [-0.25, -0.2) is 5.43 Å². The minimum atomic E-state index is -1.01. The van der Waals surface area contributed by atoms with E-state index in [1.165, 1.54) is 5.01 Å². The quantitative estimate of drug-likeness (QED) is 0.491. The van der Waals surface area contributed by atoms with Crippen LogP contribution >= 0.6 is 0 Å². The Morgan fingerprint density at radius 1 is 1.30 bits per heavy atom. The molecule has 0 aliphatic carbocycles. The Balaban J connectivity index is 2.63. The van der Waals surface area contributed by atoms with Gasteiger partial charge in [-0.2, -0.15) is 0 Å². The Labute approximate surface area is 160 Å². The summed E-state index contributed by atoms with van der Waals surface area (Å²) < 4.78 is 0. The number of carbonyl (C=O) groups excluding carboxylic acids is 3. The number of ketones is 1. The van der Waals surface area contributed by atoms with E-state index in [0.29, 0.717) is 32.2 Å². The van der Waals surface area contributed by atoms with Crippen LogP contribution in [0.5, 0.6) is 0 Å². The molecule has 0 aromatic rings. The maximum absolute atomic E-state index is 12.6. The third kappa shape index (κ3) is 7.13. The van der Waals surface area contributed by atoms with E-state index in [9.17, 15) is 19.2 Å². The number of carbonyl (C=O) groups is 4. The number of nitrogens with one attached hydrogen (secondary N) is 2. The zero-order chi connectivity index (χ0) is 20.6. The van der Waals surface area contributed by atoms with E-state index in [1.807, 2.05) is 13.8 Å².